The van der Waals surface area contributed by atoms with Gasteiger partial charge >= 0.3 is 0 Å². The zero-order chi connectivity index (χ0) is 17.8. The fourth-order valence-electron chi connectivity index (χ4n) is 2.44. The molecule has 126 valence electrons. The molecular formula is C21H15N3O2. The summed E-state index contributed by atoms with van der Waals surface area (Å²) in [5.74, 6) is 1.20. The van der Waals surface area contributed by atoms with Crippen LogP contribution in [0.3, 0.4) is 0 Å². The highest BCUT2D eigenvalue weighted by molar-refractivity contribution is 5.82. The molecule has 0 unspecified atom stereocenters. The smallest absolute Gasteiger partial charge is 0.248 e. The van der Waals surface area contributed by atoms with E-state index in [0.717, 1.165) is 22.4 Å². The van der Waals surface area contributed by atoms with Gasteiger partial charge < -0.3 is 9.52 Å². The molecule has 1 N–H and O–H groups in total. The third-order valence-electron chi connectivity index (χ3n) is 3.82. The number of rotatable bonds is 4. The summed E-state index contributed by atoms with van der Waals surface area (Å²) in [6, 6.07) is 24.1. The number of aromatic nitrogens is 2. The van der Waals surface area contributed by atoms with Gasteiger partial charge in [-0.05, 0) is 66.2 Å². The molecule has 0 aliphatic carbocycles. The number of benzene rings is 3. The molecule has 1 aromatic heterocycles. The summed E-state index contributed by atoms with van der Waals surface area (Å²) in [6.07, 6.45) is 1.74. The van der Waals surface area contributed by atoms with Crippen LogP contribution in [0.15, 0.2) is 88.3 Å². The van der Waals surface area contributed by atoms with Crippen LogP contribution in [0.25, 0.3) is 22.9 Å². The monoisotopic (exact) mass is 341 g/mol. The van der Waals surface area contributed by atoms with Crippen molar-refractivity contribution in [3.63, 3.8) is 0 Å². The standard InChI is InChI=1S/C21H15N3O2/c25-19-12-6-15(7-13-19)14-22-18-10-8-17(9-11-18)21-24-23-20(26-21)16-4-2-1-3-5-16/h1-14,25H. The first kappa shape index (κ1) is 15.8. The first-order valence-corrected chi connectivity index (χ1v) is 8.10. The molecule has 0 spiro atoms. The van der Waals surface area contributed by atoms with Crippen molar-refractivity contribution >= 4 is 11.9 Å². The van der Waals surface area contributed by atoms with Gasteiger partial charge in [0, 0.05) is 17.3 Å². The van der Waals surface area contributed by atoms with Crippen molar-refractivity contribution in [3.05, 3.63) is 84.4 Å². The first-order chi connectivity index (χ1) is 12.8. The zero-order valence-corrected chi connectivity index (χ0v) is 13.8. The fraction of sp³-hybridized carbons (Fsp3) is 0. The van der Waals surface area contributed by atoms with Gasteiger partial charge in [0.15, 0.2) is 0 Å². The molecule has 0 radical (unpaired) electrons. The van der Waals surface area contributed by atoms with Crippen LogP contribution in [0.4, 0.5) is 5.69 Å². The summed E-state index contributed by atoms with van der Waals surface area (Å²) in [7, 11) is 0. The third-order valence-corrected chi connectivity index (χ3v) is 3.82. The Hall–Kier alpha value is -3.73. The summed E-state index contributed by atoms with van der Waals surface area (Å²) in [5, 5.41) is 17.5. The number of phenols is 1. The van der Waals surface area contributed by atoms with Crippen LogP contribution in [0.2, 0.25) is 0 Å². The molecular weight excluding hydrogens is 326 g/mol. The fourth-order valence-corrected chi connectivity index (χ4v) is 2.44. The number of aromatic hydroxyl groups is 1. The van der Waals surface area contributed by atoms with Gasteiger partial charge in [0.25, 0.3) is 0 Å². The SMILES string of the molecule is Oc1ccc(C=Nc2ccc(-c3nnc(-c4ccccc4)o3)cc2)cc1. The molecule has 0 amide bonds. The van der Waals surface area contributed by atoms with Crippen LogP contribution >= 0.6 is 0 Å². The minimum absolute atomic E-state index is 0.237. The summed E-state index contributed by atoms with van der Waals surface area (Å²) in [6.45, 7) is 0. The molecule has 0 aliphatic heterocycles. The van der Waals surface area contributed by atoms with Gasteiger partial charge in [-0.3, -0.25) is 4.99 Å². The van der Waals surface area contributed by atoms with Crippen LogP contribution in [0.5, 0.6) is 5.75 Å². The second-order valence-electron chi connectivity index (χ2n) is 5.67. The van der Waals surface area contributed by atoms with Crippen LogP contribution in [-0.4, -0.2) is 21.5 Å². The number of hydrogen-bond acceptors (Lipinski definition) is 5. The van der Waals surface area contributed by atoms with E-state index in [1.54, 1.807) is 30.5 Å². The van der Waals surface area contributed by atoms with E-state index in [-0.39, 0.29) is 5.75 Å². The van der Waals surface area contributed by atoms with Gasteiger partial charge in [-0.15, -0.1) is 10.2 Å². The lowest BCUT2D eigenvalue weighted by Crippen LogP contribution is -1.80. The van der Waals surface area contributed by atoms with E-state index in [1.165, 1.54) is 0 Å². The maximum atomic E-state index is 9.29. The Labute approximate surface area is 150 Å². The second kappa shape index (κ2) is 7.03. The van der Waals surface area contributed by atoms with Crippen LogP contribution in [0.1, 0.15) is 5.56 Å². The lowest BCUT2D eigenvalue weighted by molar-refractivity contribution is 0.475. The molecule has 4 rings (SSSR count). The van der Waals surface area contributed by atoms with Crippen molar-refractivity contribution in [2.45, 2.75) is 0 Å². The van der Waals surface area contributed by atoms with Crippen LogP contribution < -0.4 is 0 Å². The predicted molar refractivity (Wildman–Crippen MR) is 101 cm³/mol. The molecule has 0 saturated heterocycles. The number of aliphatic imine (C=N–C) groups is 1. The Morgan fingerprint density at radius 2 is 1.35 bits per heavy atom. The van der Waals surface area contributed by atoms with E-state index < -0.39 is 0 Å². The number of nitrogens with zero attached hydrogens (tertiary/aromatic N) is 3. The first-order valence-electron chi connectivity index (χ1n) is 8.10. The minimum atomic E-state index is 0.237. The Morgan fingerprint density at radius 3 is 2.00 bits per heavy atom. The Kier molecular flexibility index (Phi) is 4.26. The van der Waals surface area contributed by atoms with E-state index in [2.05, 4.69) is 15.2 Å². The van der Waals surface area contributed by atoms with E-state index in [1.807, 2.05) is 54.6 Å². The maximum absolute atomic E-state index is 9.29. The van der Waals surface area contributed by atoms with Crippen molar-refractivity contribution in [3.8, 4) is 28.7 Å². The van der Waals surface area contributed by atoms with Crippen LogP contribution in [-0.2, 0) is 0 Å². The highest BCUT2D eigenvalue weighted by Gasteiger charge is 2.09. The molecule has 1 heterocycles. The van der Waals surface area contributed by atoms with E-state index in [9.17, 15) is 5.11 Å². The van der Waals surface area contributed by atoms with Crippen molar-refractivity contribution in [1.82, 2.24) is 10.2 Å². The molecule has 5 nitrogen and oxygen atoms in total. The Bertz CT molecular complexity index is 1020. The summed E-state index contributed by atoms with van der Waals surface area (Å²) < 4.78 is 5.75. The molecule has 26 heavy (non-hydrogen) atoms. The topological polar surface area (TPSA) is 71.5 Å². The lowest BCUT2D eigenvalue weighted by Gasteiger charge is -1.98. The number of phenolic OH excluding ortho intramolecular Hbond substituents is 1. The van der Waals surface area contributed by atoms with Gasteiger partial charge in [0.05, 0.1) is 5.69 Å². The zero-order valence-electron chi connectivity index (χ0n) is 13.8. The molecule has 0 saturated carbocycles. The molecule has 0 bridgehead atoms. The average molecular weight is 341 g/mol. The van der Waals surface area contributed by atoms with Crippen molar-refractivity contribution in [2.75, 3.05) is 0 Å². The van der Waals surface area contributed by atoms with Gasteiger partial charge in [-0.1, -0.05) is 18.2 Å². The highest BCUT2D eigenvalue weighted by atomic mass is 16.4. The van der Waals surface area contributed by atoms with Gasteiger partial charge in [0.2, 0.25) is 11.8 Å². The normalized spacial score (nSPS) is 11.1. The Morgan fingerprint density at radius 1 is 0.731 bits per heavy atom. The quantitative estimate of drug-likeness (QED) is 0.538. The van der Waals surface area contributed by atoms with Crippen molar-refractivity contribution < 1.29 is 9.52 Å². The van der Waals surface area contributed by atoms with Gasteiger partial charge in [-0.2, -0.15) is 0 Å². The lowest BCUT2D eigenvalue weighted by atomic mass is 10.2. The number of hydrogen-bond donors (Lipinski definition) is 1. The van der Waals surface area contributed by atoms with Gasteiger partial charge in [0.1, 0.15) is 5.75 Å². The highest BCUT2D eigenvalue weighted by Crippen LogP contribution is 2.25. The Balaban J connectivity index is 1.51. The summed E-state index contributed by atoms with van der Waals surface area (Å²) >= 11 is 0. The molecule has 0 atom stereocenters. The third kappa shape index (κ3) is 3.52. The van der Waals surface area contributed by atoms with Crippen molar-refractivity contribution in [2.24, 2.45) is 4.99 Å². The van der Waals surface area contributed by atoms with E-state index in [4.69, 9.17) is 4.42 Å². The maximum Gasteiger partial charge on any atom is 0.248 e. The largest absolute Gasteiger partial charge is 0.508 e. The molecule has 0 aliphatic rings. The molecule has 3 aromatic carbocycles. The molecule has 4 aromatic rings. The molecule has 5 heteroatoms. The summed E-state index contributed by atoms with van der Waals surface area (Å²) in [4.78, 5) is 4.42. The minimum Gasteiger partial charge on any atom is -0.508 e. The van der Waals surface area contributed by atoms with Gasteiger partial charge in [-0.25, -0.2) is 0 Å². The van der Waals surface area contributed by atoms with Crippen molar-refractivity contribution in [1.29, 1.82) is 0 Å². The molecule has 0 fully saturated rings. The van der Waals surface area contributed by atoms with Crippen LogP contribution in [0, 0.1) is 0 Å². The average Bonchev–Trinajstić information content (AvgIpc) is 3.19. The van der Waals surface area contributed by atoms with E-state index in [0.29, 0.717) is 11.8 Å². The second-order valence-corrected chi connectivity index (χ2v) is 5.67. The predicted octanol–water partition coefficient (Wildman–Crippen LogP) is 4.86. The summed E-state index contributed by atoms with van der Waals surface area (Å²) in [5.41, 5.74) is 3.45. The van der Waals surface area contributed by atoms with E-state index >= 15 is 0 Å².